The van der Waals surface area contributed by atoms with Crippen LogP contribution in [0.5, 0.6) is 0 Å². The van der Waals surface area contributed by atoms with Crippen molar-refractivity contribution in [3.05, 3.63) is 0 Å². The van der Waals surface area contributed by atoms with Crippen molar-refractivity contribution in [3.8, 4) is 0 Å². The van der Waals surface area contributed by atoms with Crippen LogP contribution in [0.15, 0.2) is 0 Å². The molecule has 0 heterocycles. The molecule has 0 bridgehead atoms. The maximum atomic E-state index is 2.04. The van der Waals surface area contributed by atoms with Crippen molar-refractivity contribution < 1.29 is 0 Å². The van der Waals surface area contributed by atoms with Gasteiger partial charge in [-0.25, -0.2) is 0 Å². The maximum absolute atomic E-state index is 2.04. The molecule has 0 atom stereocenters. The average molecular weight is 2500 g/mol. The first-order chi connectivity index (χ1) is 45.3. The first kappa shape index (κ1) is 470. The Morgan fingerprint density at radius 1 is 0.0391 bits per heavy atom. The van der Waals surface area contributed by atoms with Crippen LogP contribution in [0.1, 0.15) is 238 Å². The molecule has 896 valence electrons. The fraction of sp³-hybridized carbons (Fsp3) is 1.00. The van der Waals surface area contributed by atoms with E-state index in [1.807, 2.05) is 400 Å². The standard InChI is InChI=1S/32C2H6S.32CH4/c32*1-3-2;;;;;;;;;;;;;;;;;;;;;;;;;;;;;;;;/h32*1-2H3;32*1H4. The van der Waals surface area contributed by atoms with E-state index in [0.29, 0.717) is 0 Å². The summed E-state index contributed by atoms with van der Waals surface area (Å²) in [7, 11) is 0. The van der Waals surface area contributed by atoms with Crippen LogP contribution in [-0.2, 0) is 0 Å². The van der Waals surface area contributed by atoms with Gasteiger partial charge < -0.3 is 0 Å². The minimum atomic E-state index is 0. The predicted octanol–water partition coefficient (Wildman–Crippen LogP) is 51.7. The van der Waals surface area contributed by atoms with Crippen molar-refractivity contribution in [1.82, 2.24) is 0 Å². The van der Waals surface area contributed by atoms with Crippen LogP contribution in [-0.4, -0.2) is 400 Å². The van der Waals surface area contributed by atoms with Crippen molar-refractivity contribution in [1.29, 1.82) is 0 Å². The van der Waals surface area contributed by atoms with Gasteiger partial charge in [-0.3, -0.25) is 0 Å². The molecule has 0 aromatic heterocycles. The Balaban J connectivity index is -0.00000000529. The number of hydrogen-bond donors (Lipinski definition) is 0. The molecule has 0 aromatic carbocycles. The third-order valence-corrected chi connectivity index (χ3v) is 0. The first-order valence-corrected chi connectivity index (χ1v) is 78.4. The average Bonchev–Trinajstić information content (AvgIpc) is 3.46. The van der Waals surface area contributed by atoms with Gasteiger partial charge in [-0.15, -0.1) is 0 Å². The Morgan fingerprint density at radius 2 is 0.0391 bits per heavy atom. The summed E-state index contributed by atoms with van der Waals surface area (Å²) in [6.45, 7) is 0. The lowest BCUT2D eigenvalue weighted by Crippen LogP contribution is -1.25. The summed E-state index contributed by atoms with van der Waals surface area (Å²) in [5.41, 5.74) is 0. The van der Waals surface area contributed by atoms with Gasteiger partial charge in [0.2, 0.25) is 0 Å². The Morgan fingerprint density at radius 3 is 0.0391 bits per heavy atom. The van der Waals surface area contributed by atoms with Crippen molar-refractivity contribution >= 4 is 376 Å². The van der Waals surface area contributed by atoms with E-state index in [0.717, 1.165) is 0 Å². The molecule has 0 N–H and O–H groups in total. The van der Waals surface area contributed by atoms with Gasteiger partial charge in [0, 0.05) is 0 Å². The molecule has 0 saturated carbocycles. The normalized spacial score (nSPS) is 4.50. The molecule has 0 aromatic rings. The molecule has 0 aliphatic rings. The van der Waals surface area contributed by atoms with E-state index >= 15 is 0 Å². The molecule has 32 heteroatoms. The smallest absolute Gasteiger partial charge is 0.0187 e. The van der Waals surface area contributed by atoms with Crippen LogP contribution in [0, 0.1) is 0 Å². The fourth-order valence-corrected chi connectivity index (χ4v) is 0. The van der Waals surface area contributed by atoms with Crippen LogP contribution < -0.4 is 0 Å². The largest absolute Gasteiger partial charge is 0.169 e. The maximum Gasteiger partial charge on any atom is -0.0187 e. The minimum absolute atomic E-state index is 0. The van der Waals surface area contributed by atoms with Gasteiger partial charge in [0.25, 0.3) is 0 Å². The van der Waals surface area contributed by atoms with Crippen LogP contribution in [0.3, 0.4) is 0 Å². The van der Waals surface area contributed by atoms with E-state index in [9.17, 15) is 0 Å². The zero-order chi connectivity index (χ0) is 86.6. The minimum Gasteiger partial charge on any atom is -0.169 e. The van der Waals surface area contributed by atoms with E-state index in [1.54, 1.807) is 376 Å². The molecule has 0 fully saturated rings. The summed E-state index contributed by atoms with van der Waals surface area (Å²) in [5, 5.41) is 0. The molecule has 0 unspecified atom stereocenters. The predicted molar refractivity (Wildman–Crippen MR) is 837 cm³/mol. The van der Waals surface area contributed by atoms with Gasteiger partial charge in [0.05, 0.1) is 0 Å². The van der Waals surface area contributed by atoms with Crippen LogP contribution in [0.4, 0.5) is 0 Å². The van der Waals surface area contributed by atoms with E-state index in [1.165, 1.54) is 0 Å². The summed E-state index contributed by atoms with van der Waals surface area (Å²) in [6.07, 6.45) is 131. The van der Waals surface area contributed by atoms with E-state index in [2.05, 4.69) is 0 Å². The van der Waals surface area contributed by atoms with Gasteiger partial charge in [0.15, 0.2) is 0 Å². The number of hydrogen-bond acceptors (Lipinski definition) is 32. The Bertz CT molecular complexity index is 264. The molecule has 0 spiro atoms. The lowest BCUT2D eigenvalue weighted by atomic mass is 11.9. The van der Waals surface area contributed by atoms with Gasteiger partial charge in [-0.05, 0) is 400 Å². The van der Waals surface area contributed by atoms with Crippen LogP contribution >= 0.6 is 376 Å². The number of thioether (sulfide) groups is 32. The molecular formula is C96H320S32. The van der Waals surface area contributed by atoms with Crippen molar-refractivity contribution in [2.75, 3.05) is 400 Å². The summed E-state index contributed by atoms with van der Waals surface area (Å²) < 4.78 is 0. The third-order valence-electron chi connectivity index (χ3n) is 0. The quantitative estimate of drug-likeness (QED) is 0.226. The van der Waals surface area contributed by atoms with Crippen molar-refractivity contribution in [3.63, 3.8) is 0 Å². The molecule has 0 nitrogen and oxygen atoms in total. The second-order valence-corrected chi connectivity index (χ2v) is 39.2. The van der Waals surface area contributed by atoms with Gasteiger partial charge in [-0.2, -0.15) is 376 Å². The lowest BCUT2D eigenvalue weighted by Gasteiger charge is -1.51. The van der Waals surface area contributed by atoms with Crippen molar-refractivity contribution in [2.45, 2.75) is 238 Å². The zero-order valence-electron chi connectivity index (χ0n) is 77.1. The highest BCUT2D eigenvalue weighted by molar-refractivity contribution is 8.03. The third kappa shape index (κ3) is 20300. The lowest BCUT2D eigenvalue weighted by molar-refractivity contribution is 2.37. The summed E-state index contributed by atoms with van der Waals surface area (Å²) in [6, 6.07) is 0. The molecule has 0 rings (SSSR count). The fourth-order valence-electron chi connectivity index (χ4n) is 0. The van der Waals surface area contributed by atoms with E-state index < -0.39 is 0 Å². The van der Waals surface area contributed by atoms with Crippen LogP contribution in [0.2, 0.25) is 0 Å². The second-order valence-electron chi connectivity index (χ2n) is 13.1. The zero-order valence-corrected chi connectivity index (χ0v) is 103. The van der Waals surface area contributed by atoms with E-state index in [4.69, 9.17) is 0 Å². The van der Waals surface area contributed by atoms with E-state index in [-0.39, 0.29) is 238 Å². The van der Waals surface area contributed by atoms with Gasteiger partial charge >= 0.3 is 0 Å². The highest BCUT2D eigenvalue weighted by atomic mass is 32.2. The molecule has 0 amide bonds. The monoisotopic (exact) mass is 2500 g/mol. The summed E-state index contributed by atoms with van der Waals surface area (Å²) >= 11 is 56.0. The molecule has 0 aliphatic heterocycles. The van der Waals surface area contributed by atoms with Gasteiger partial charge in [-0.1, -0.05) is 238 Å². The second kappa shape index (κ2) is 1390. The Hall–Kier alpha value is 11.2. The molecule has 0 saturated heterocycles. The Labute approximate surface area is 1000 Å². The molecule has 0 aliphatic carbocycles. The molecule has 128 heavy (non-hydrogen) atoms. The summed E-state index contributed by atoms with van der Waals surface area (Å²) in [5.74, 6) is 0. The number of rotatable bonds is 0. The Kier molecular flexibility index (Phi) is 5120. The van der Waals surface area contributed by atoms with Gasteiger partial charge in [0.1, 0.15) is 0 Å². The highest BCUT2D eigenvalue weighted by Crippen LogP contribution is 1.79. The van der Waals surface area contributed by atoms with Crippen LogP contribution in [0.25, 0.3) is 0 Å². The molecule has 0 radical (unpaired) electrons. The highest BCUT2D eigenvalue weighted by Gasteiger charge is 1.42. The molecular weight excluding hydrogens is 2180 g/mol. The van der Waals surface area contributed by atoms with Crippen molar-refractivity contribution in [2.24, 2.45) is 0 Å². The SMILES string of the molecule is C.C.C.C.C.C.C.C.C.C.C.C.C.C.C.C.C.C.C.C.C.C.C.C.C.C.C.C.C.C.C.C.CSC.CSC.CSC.CSC.CSC.CSC.CSC.CSC.CSC.CSC.CSC.CSC.CSC.CSC.CSC.CSC.CSC.CSC.CSC.CSC.CSC.CSC.CSC.CSC.CSC.CSC.CSC.CSC.CSC.CSC.CSC.CSC. The first-order valence-electron chi connectivity index (χ1n) is 26.1. The summed E-state index contributed by atoms with van der Waals surface area (Å²) in [4.78, 5) is 0. The topological polar surface area (TPSA) is 0 Å².